The number of nitrogens with one attached hydrogen (secondary N) is 2. The smallest absolute Gasteiger partial charge is 0.251 e. The molecule has 2 N–H and O–H groups in total. The summed E-state index contributed by atoms with van der Waals surface area (Å²) in [5.41, 5.74) is 2.42. The normalized spacial score (nSPS) is 13.2. The maximum Gasteiger partial charge on any atom is 0.251 e. The van der Waals surface area contributed by atoms with E-state index in [0.717, 1.165) is 21.4 Å². The summed E-state index contributed by atoms with van der Waals surface area (Å²) >= 11 is 4.99. The van der Waals surface area contributed by atoms with Crippen LogP contribution in [0.1, 0.15) is 15.9 Å². The average Bonchev–Trinajstić information content (AvgIpc) is 2.55. The second-order valence-corrected chi connectivity index (χ2v) is 7.02. The first-order chi connectivity index (χ1) is 11.1. The monoisotopic (exact) mass is 390 g/mol. The van der Waals surface area contributed by atoms with Gasteiger partial charge in [0.2, 0.25) is 5.91 Å². The number of fused-ring (bicyclic) bond motifs is 1. The van der Waals surface area contributed by atoms with Gasteiger partial charge in [0.25, 0.3) is 5.91 Å². The lowest BCUT2D eigenvalue weighted by Crippen LogP contribution is -2.26. The predicted molar refractivity (Wildman–Crippen MR) is 96.0 cm³/mol. The molecule has 3 rings (SSSR count). The summed E-state index contributed by atoms with van der Waals surface area (Å²) in [7, 11) is 0. The molecule has 0 saturated heterocycles. The van der Waals surface area contributed by atoms with Crippen LogP contribution >= 0.6 is 27.7 Å². The third kappa shape index (κ3) is 3.95. The number of carbonyl (C=O) groups is 2. The van der Waals surface area contributed by atoms with Crippen molar-refractivity contribution in [2.24, 2.45) is 0 Å². The second kappa shape index (κ2) is 7.19. The largest absolute Gasteiger partial charge is 0.352 e. The molecule has 0 aromatic heterocycles. The summed E-state index contributed by atoms with van der Waals surface area (Å²) in [5.74, 6) is 0.253. The molecular formula is C17H15BrN2O2S. The van der Waals surface area contributed by atoms with Crippen molar-refractivity contribution in [2.75, 3.05) is 17.6 Å². The fourth-order valence-corrected chi connectivity index (χ4v) is 3.61. The molecule has 0 radical (unpaired) electrons. The van der Waals surface area contributed by atoms with Gasteiger partial charge in [0.05, 0.1) is 11.4 Å². The molecular weight excluding hydrogens is 376 g/mol. The zero-order valence-corrected chi connectivity index (χ0v) is 14.7. The van der Waals surface area contributed by atoms with Crippen LogP contribution in [0.15, 0.2) is 51.8 Å². The lowest BCUT2D eigenvalue weighted by Gasteiger charge is -2.17. The van der Waals surface area contributed by atoms with E-state index in [2.05, 4.69) is 26.6 Å². The highest BCUT2D eigenvalue weighted by atomic mass is 79.9. The van der Waals surface area contributed by atoms with Crippen molar-refractivity contribution in [2.45, 2.75) is 11.3 Å². The molecule has 0 spiro atoms. The number of hydrogen-bond acceptors (Lipinski definition) is 3. The van der Waals surface area contributed by atoms with E-state index in [1.54, 1.807) is 12.1 Å². The van der Waals surface area contributed by atoms with Gasteiger partial charge < -0.3 is 10.6 Å². The van der Waals surface area contributed by atoms with E-state index in [1.165, 1.54) is 11.8 Å². The maximum atomic E-state index is 12.2. The van der Waals surface area contributed by atoms with Gasteiger partial charge in [-0.2, -0.15) is 0 Å². The number of anilines is 1. The molecule has 1 heterocycles. The highest BCUT2D eigenvalue weighted by Crippen LogP contribution is 2.31. The lowest BCUT2D eigenvalue weighted by molar-refractivity contribution is -0.113. The van der Waals surface area contributed by atoms with Crippen LogP contribution in [0.25, 0.3) is 0 Å². The maximum absolute atomic E-state index is 12.2. The Labute approximate surface area is 147 Å². The van der Waals surface area contributed by atoms with Crippen molar-refractivity contribution in [3.8, 4) is 0 Å². The van der Waals surface area contributed by atoms with Gasteiger partial charge in [0.1, 0.15) is 0 Å². The second-order valence-electron chi connectivity index (χ2n) is 5.15. The molecule has 2 aromatic carbocycles. The van der Waals surface area contributed by atoms with Crippen molar-refractivity contribution in [3.63, 3.8) is 0 Å². The average molecular weight is 391 g/mol. The van der Waals surface area contributed by atoms with Crippen LogP contribution < -0.4 is 10.6 Å². The number of benzene rings is 2. The lowest BCUT2D eigenvalue weighted by atomic mass is 10.1. The molecule has 2 aromatic rings. The molecule has 0 aliphatic carbocycles. The van der Waals surface area contributed by atoms with Gasteiger partial charge in [-0.25, -0.2) is 0 Å². The number of thioether (sulfide) groups is 1. The summed E-state index contributed by atoms with van der Waals surface area (Å²) in [6, 6.07) is 13.4. The van der Waals surface area contributed by atoms with Crippen LogP contribution in [0.3, 0.4) is 0 Å². The van der Waals surface area contributed by atoms with Gasteiger partial charge in [-0.05, 0) is 36.2 Å². The summed E-state index contributed by atoms with van der Waals surface area (Å²) in [5, 5.41) is 5.71. The topological polar surface area (TPSA) is 58.2 Å². The highest BCUT2D eigenvalue weighted by molar-refractivity contribution is 9.10. The Bertz CT molecular complexity index is 764. The van der Waals surface area contributed by atoms with E-state index in [9.17, 15) is 9.59 Å². The van der Waals surface area contributed by atoms with E-state index in [4.69, 9.17) is 0 Å². The fraction of sp³-hybridized carbons (Fsp3) is 0.176. The van der Waals surface area contributed by atoms with Crippen LogP contribution in [-0.4, -0.2) is 24.1 Å². The molecule has 0 saturated carbocycles. The van der Waals surface area contributed by atoms with Crippen LogP contribution in [-0.2, 0) is 11.2 Å². The molecule has 0 bridgehead atoms. The quantitative estimate of drug-likeness (QED) is 0.839. The first-order valence-electron chi connectivity index (χ1n) is 7.22. The van der Waals surface area contributed by atoms with Crippen molar-refractivity contribution in [3.05, 3.63) is 58.1 Å². The van der Waals surface area contributed by atoms with Gasteiger partial charge >= 0.3 is 0 Å². The van der Waals surface area contributed by atoms with Crippen LogP contribution in [0.5, 0.6) is 0 Å². The SMILES string of the molecule is O=C1CSc2ccc(C(=O)NCCc3ccccc3Br)cc2N1. The number of carbonyl (C=O) groups excluding carboxylic acids is 2. The Kier molecular flexibility index (Phi) is 5.03. The Balaban J connectivity index is 1.61. The Morgan fingerprint density at radius 3 is 2.91 bits per heavy atom. The van der Waals surface area contributed by atoms with Gasteiger partial charge in [0, 0.05) is 21.5 Å². The third-order valence-corrected chi connectivity index (χ3v) is 5.36. The number of halogens is 1. The Hall–Kier alpha value is -1.79. The molecule has 0 unspecified atom stereocenters. The van der Waals surface area contributed by atoms with Crippen LogP contribution in [0.4, 0.5) is 5.69 Å². The van der Waals surface area contributed by atoms with E-state index in [-0.39, 0.29) is 11.8 Å². The van der Waals surface area contributed by atoms with E-state index >= 15 is 0 Å². The minimum atomic E-state index is -0.135. The van der Waals surface area contributed by atoms with E-state index in [1.807, 2.05) is 30.3 Å². The van der Waals surface area contributed by atoms with Gasteiger partial charge in [-0.15, -0.1) is 11.8 Å². The number of rotatable bonds is 4. The van der Waals surface area contributed by atoms with Crippen molar-refractivity contribution in [1.82, 2.24) is 5.32 Å². The molecule has 2 amide bonds. The first-order valence-corrected chi connectivity index (χ1v) is 8.99. The molecule has 1 aliphatic heterocycles. The zero-order chi connectivity index (χ0) is 16.2. The standard InChI is InChI=1S/C17H15BrN2O2S/c18-13-4-2-1-3-11(13)7-8-19-17(22)12-5-6-15-14(9-12)20-16(21)10-23-15/h1-6,9H,7-8,10H2,(H,19,22)(H,20,21). The fourth-order valence-electron chi connectivity index (χ4n) is 2.34. The predicted octanol–water partition coefficient (Wildman–Crippen LogP) is 3.47. The summed E-state index contributed by atoms with van der Waals surface area (Å²) in [6.45, 7) is 0.555. The van der Waals surface area contributed by atoms with Crippen LogP contribution in [0, 0.1) is 0 Å². The minimum absolute atomic E-state index is 0.0333. The molecule has 0 fully saturated rings. The first kappa shape index (κ1) is 16.1. The van der Waals surface area contributed by atoms with Crippen molar-refractivity contribution >= 4 is 45.2 Å². The molecule has 6 heteroatoms. The Morgan fingerprint density at radius 1 is 1.26 bits per heavy atom. The molecule has 0 atom stereocenters. The van der Waals surface area contributed by atoms with Crippen molar-refractivity contribution in [1.29, 1.82) is 0 Å². The van der Waals surface area contributed by atoms with Crippen LogP contribution in [0.2, 0.25) is 0 Å². The Morgan fingerprint density at radius 2 is 2.09 bits per heavy atom. The minimum Gasteiger partial charge on any atom is -0.352 e. The van der Waals surface area contributed by atoms with E-state index < -0.39 is 0 Å². The number of hydrogen-bond donors (Lipinski definition) is 2. The molecule has 1 aliphatic rings. The molecule has 23 heavy (non-hydrogen) atoms. The third-order valence-electron chi connectivity index (χ3n) is 3.51. The summed E-state index contributed by atoms with van der Waals surface area (Å²) in [6.07, 6.45) is 0.755. The summed E-state index contributed by atoms with van der Waals surface area (Å²) in [4.78, 5) is 24.7. The summed E-state index contributed by atoms with van der Waals surface area (Å²) < 4.78 is 1.04. The highest BCUT2D eigenvalue weighted by Gasteiger charge is 2.17. The van der Waals surface area contributed by atoms with Gasteiger partial charge in [0.15, 0.2) is 0 Å². The molecule has 118 valence electrons. The zero-order valence-electron chi connectivity index (χ0n) is 12.3. The van der Waals surface area contributed by atoms with Gasteiger partial charge in [-0.1, -0.05) is 34.1 Å². The van der Waals surface area contributed by atoms with Crippen molar-refractivity contribution < 1.29 is 9.59 Å². The molecule has 4 nitrogen and oxygen atoms in total. The number of amides is 2. The van der Waals surface area contributed by atoms with E-state index in [0.29, 0.717) is 23.5 Å². The van der Waals surface area contributed by atoms with Gasteiger partial charge in [-0.3, -0.25) is 9.59 Å².